The third-order valence-corrected chi connectivity index (χ3v) is 4.51. The molecule has 112 valence electrons. The first-order valence-corrected chi connectivity index (χ1v) is 8.43. The lowest BCUT2D eigenvalue weighted by Gasteiger charge is -2.11. The minimum absolute atomic E-state index is 0.0861. The fourth-order valence-corrected chi connectivity index (χ4v) is 3.20. The highest BCUT2D eigenvalue weighted by atomic mass is 127. The molecule has 0 aliphatic carbocycles. The monoisotopic (exact) mass is 470 g/mol. The molecule has 3 rings (SSSR count). The van der Waals surface area contributed by atoms with Crippen LogP contribution in [-0.2, 0) is 6.54 Å². The van der Waals surface area contributed by atoms with Crippen molar-refractivity contribution in [1.82, 2.24) is 9.55 Å². The summed E-state index contributed by atoms with van der Waals surface area (Å²) < 4.78 is 8.41. The Balaban J connectivity index is 2.12. The van der Waals surface area contributed by atoms with Gasteiger partial charge in [-0.25, -0.2) is 4.98 Å². The second kappa shape index (κ2) is 6.37. The van der Waals surface area contributed by atoms with Crippen molar-refractivity contribution in [2.24, 2.45) is 0 Å². The predicted octanol–water partition coefficient (Wildman–Crippen LogP) is 3.82. The molecule has 0 saturated heterocycles. The van der Waals surface area contributed by atoms with Crippen LogP contribution in [0.25, 0.3) is 11.0 Å². The SMILES string of the molecule is COc1ccc(Cn2c(=O)c(Br)cc3cc(I)cnc32)cc1. The maximum absolute atomic E-state index is 12.4. The molecule has 0 aliphatic rings. The molecule has 0 saturated carbocycles. The summed E-state index contributed by atoms with van der Waals surface area (Å²) >= 11 is 5.56. The van der Waals surface area contributed by atoms with Gasteiger partial charge in [-0.1, -0.05) is 12.1 Å². The van der Waals surface area contributed by atoms with Gasteiger partial charge in [-0.15, -0.1) is 0 Å². The fourth-order valence-electron chi connectivity index (χ4n) is 2.26. The zero-order valence-corrected chi connectivity index (χ0v) is 15.5. The van der Waals surface area contributed by atoms with Crippen LogP contribution >= 0.6 is 38.5 Å². The largest absolute Gasteiger partial charge is 0.497 e. The number of methoxy groups -OCH3 is 1. The van der Waals surface area contributed by atoms with E-state index in [9.17, 15) is 4.79 Å². The van der Waals surface area contributed by atoms with Gasteiger partial charge in [0.05, 0.1) is 18.1 Å². The van der Waals surface area contributed by atoms with Crippen LogP contribution in [0.1, 0.15) is 5.56 Å². The first-order valence-electron chi connectivity index (χ1n) is 6.56. The first kappa shape index (κ1) is 15.5. The third kappa shape index (κ3) is 3.03. The molecule has 2 heterocycles. The summed E-state index contributed by atoms with van der Waals surface area (Å²) in [6.45, 7) is 0.465. The average molecular weight is 471 g/mol. The molecule has 0 radical (unpaired) electrons. The Morgan fingerprint density at radius 2 is 2.00 bits per heavy atom. The number of nitrogens with zero attached hydrogens (tertiary/aromatic N) is 2. The molecule has 6 heteroatoms. The van der Waals surface area contributed by atoms with Gasteiger partial charge in [0.2, 0.25) is 0 Å². The zero-order chi connectivity index (χ0) is 15.7. The van der Waals surface area contributed by atoms with Gasteiger partial charge in [0, 0.05) is 15.2 Å². The van der Waals surface area contributed by atoms with Crippen LogP contribution in [0.3, 0.4) is 0 Å². The van der Waals surface area contributed by atoms with Crippen LogP contribution in [0.5, 0.6) is 5.75 Å². The van der Waals surface area contributed by atoms with E-state index in [-0.39, 0.29) is 5.56 Å². The minimum atomic E-state index is -0.0861. The van der Waals surface area contributed by atoms with E-state index in [4.69, 9.17) is 4.74 Å². The highest BCUT2D eigenvalue weighted by Gasteiger charge is 2.10. The minimum Gasteiger partial charge on any atom is -0.497 e. The van der Waals surface area contributed by atoms with Gasteiger partial charge in [-0.05, 0) is 68.3 Å². The number of hydrogen-bond donors (Lipinski definition) is 0. The molecule has 0 spiro atoms. The Hall–Kier alpha value is -1.41. The van der Waals surface area contributed by atoms with Crippen molar-refractivity contribution >= 4 is 49.6 Å². The Morgan fingerprint density at radius 1 is 1.27 bits per heavy atom. The molecule has 3 aromatic rings. The van der Waals surface area contributed by atoms with E-state index >= 15 is 0 Å². The van der Waals surface area contributed by atoms with Gasteiger partial charge in [-0.3, -0.25) is 9.36 Å². The first-order chi connectivity index (χ1) is 10.6. The molecular formula is C16H12BrIN2O2. The molecule has 1 aromatic carbocycles. The number of halogens is 2. The summed E-state index contributed by atoms with van der Waals surface area (Å²) in [6, 6.07) is 11.5. The number of rotatable bonds is 3. The molecule has 22 heavy (non-hydrogen) atoms. The van der Waals surface area contributed by atoms with Crippen LogP contribution in [-0.4, -0.2) is 16.7 Å². The van der Waals surface area contributed by atoms with Gasteiger partial charge in [0.15, 0.2) is 0 Å². The van der Waals surface area contributed by atoms with E-state index in [0.29, 0.717) is 16.7 Å². The molecule has 0 amide bonds. The van der Waals surface area contributed by atoms with Crippen LogP contribution in [0, 0.1) is 3.57 Å². The van der Waals surface area contributed by atoms with Gasteiger partial charge in [0.25, 0.3) is 5.56 Å². The third-order valence-electron chi connectivity index (χ3n) is 3.35. The molecule has 0 N–H and O–H groups in total. The maximum atomic E-state index is 12.4. The van der Waals surface area contributed by atoms with Gasteiger partial charge in [-0.2, -0.15) is 0 Å². The number of hydrogen-bond acceptors (Lipinski definition) is 3. The number of fused-ring (bicyclic) bond motifs is 1. The number of benzene rings is 1. The van der Waals surface area contributed by atoms with Crippen molar-refractivity contribution in [1.29, 1.82) is 0 Å². The van der Waals surface area contributed by atoms with Crippen LogP contribution in [0.4, 0.5) is 0 Å². The summed E-state index contributed by atoms with van der Waals surface area (Å²) in [7, 11) is 1.63. The quantitative estimate of drug-likeness (QED) is 0.546. The molecular weight excluding hydrogens is 459 g/mol. The number of ether oxygens (including phenoxy) is 1. The van der Waals surface area contributed by atoms with E-state index in [2.05, 4.69) is 43.5 Å². The smallest absolute Gasteiger partial charge is 0.266 e. The summed E-state index contributed by atoms with van der Waals surface area (Å²) in [5, 5.41) is 0.937. The van der Waals surface area contributed by atoms with Crippen molar-refractivity contribution in [3.05, 3.63) is 66.6 Å². The summed E-state index contributed by atoms with van der Waals surface area (Å²) in [5.74, 6) is 0.794. The summed E-state index contributed by atoms with van der Waals surface area (Å²) in [5.41, 5.74) is 1.61. The number of pyridine rings is 2. The van der Waals surface area contributed by atoms with Gasteiger partial charge >= 0.3 is 0 Å². The molecule has 2 aromatic heterocycles. The molecule has 0 fully saturated rings. The van der Waals surface area contributed by atoms with Crippen LogP contribution in [0.2, 0.25) is 0 Å². The fraction of sp³-hybridized carbons (Fsp3) is 0.125. The maximum Gasteiger partial charge on any atom is 0.266 e. The molecule has 0 atom stereocenters. The van der Waals surface area contributed by atoms with E-state index in [1.807, 2.05) is 36.4 Å². The average Bonchev–Trinajstić information content (AvgIpc) is 2.52. The Morgan fingerprint density at radius 3 is 2.68 bits per heavy atom. The predicted molar refractivity (Wildman–Crippen MR) is 98.5 cm³/mol. The van der Waals surface area contributed by atoms with E-state index in [1.54, 1.807) is 17.9 Å². The van der Waals surface area contributed by atoms with Crippen molar-refractivity contribution in [2.45, 2.75) is 6.54 Å². The summed E-state index contributed by atoms with van der Waals surface area (Å²) in [4.78, 5) is 16.9. The lowest BCUT2D eigenvalue weighted by molar-refractivity contribution is 0.414. The zero-order valence-electron chi connectivity index (χ0n) is 11.7. The Labute approximate surface area is 149 Å². The van der Waals surface area contributed by atoms with Crippen molar-refractivity contribution in [3.63, 3.8) is 0 Å². The van der Waals surface area contributed by atoms with Crippen LogP contribution in [0.15, 0.2) is 51.9 Å². The summed E-state index contributed by atoms with van der Waals surface area (Å²) in [6.07, 6.45) is 1.76. The highest BCUT2D eigenvalue weighted by Crippen LogP contribution is 2.19. The van der Waals surface area contributed by atoms with E-state index in [0.717, 1.165) is 20.3 Å². The van der Waals surface area contributed by atoms with E-state index < -0.39 is 0 Å². The van der Waals surface area contributed by atoms with E-state index in [1.165, 1.54) is 0 Å². The standard InChI is InChI=1S/C16H12BrIN2O2/c1-22-13-4-2-10(3-5-13)9-20-15-11(6-12(18)8-19-15)7-14(17)16(20)21/h2-8H,9H2,1H3. The lowest BCUT2D eigenvalue weighted by atomic mass is 10.2. The van der Waals surface area contributed by atoms with Gasteiger partial charge in [0.1, 0.15) is 11.4 Å². The van der Waals surface area contributed by atoms with Crippen molar-refractivity contribution in [2.75, 3.05) is 7.11 Å². The second-order valence-electron chi connectivity index (χ2n) is 4.80. The Kier molecular flexibility index (Phi) is 4.49. The van der Waals surface area contributed by atoms with Crippen molar-refractivity contribution < 1.29 is 4.74 Å². The molecule has 0 aliphatic heterocycles. The molecule has 4 nitrogen and oxygen atoms in total. The highest BCUT2D eigenvalue weighted by molar-refractivity contribution is 14.1. The second-order valence-corrected chi connectivity index (χ2v) is 6.90. The Bertz CT molecular complexity index is 891. The van der Waals surface area contributed by atoms with Crippen molar-refractivity contribution in [3.8, 4) is 5.75 Å². The topological polar surface area (TPSA) is 44.1 Å². The molecule has 0 bridgehead atoms. The number of aromatic nitrogens is 2. The lowest BCUT2D eigenvalue weighted by Crippen LogP contribution is -2.22. The van der Waals surface area contributed by atoms with Gasteiger partial charge < -0.3 is 4.74 Å². The molecule has 0 unspecified atom stereocenters. The van der Waals surface area contributed by atoms with Crippen LogP contribution < -0.4 is 10.3 Å². The normalized spacial score (nSPS) is 10.9.